The van der Waals surface area contributed by atoms with Crippen molar-refractivity contribution in [1.29, 1.82) is 0 Å². The molecule has 0 bridgehead atoms. The average molecular weight is 526 g/mol. The molecule has 186 valence electrons. The van der Waals surface area contributed by atoms with E-state index in [9.17, 15) is 14.0 Å². The molecule has 1 fully saturated rings. The van der Waals surface area contributed by atoms with Crippen molar-refractivity contribution < 1.29 is 14.0 Å². The second kappa shape index (κ2) is 10.8. The lowest BCUT2D eigenvalue weighted by Gasteiger charge is -2.35. The highest BCUT2D eigenvalue weighted by molar-refractivity contribution is 7.98. The monoisotopic (exact) mass is 525 g/mol. The first-order valence-corrected chi connectivity index (χ1v) is 13.2. The van der Waals surface area contributed by atoms with Crippen molar-refractivity contribution in [3.63, 3.8) is 0 Å². The maximum absolute atomic E-state index is 14.0. The fourth-order valence-electron chi connectivity index (χ4n) is 4.31. The van der Waals surface area contributed by atoms with Gasteiger partial charge in [0.1, 0.15) is 17.7 Å². The molecule has 0 spiro atoms. The molecule has 2 aromatic carbocycles. The zero-order valence-electron chi connectivity index (χ0n) is 19.4. The van der Waals surface area contributed by atoms with Crippen LogP contribution in [0, 0.1) is 5.82 Å². The van der Waals surface area contributed by atoms with Crippen LogP contribution >= 0.6 is 23.4 Å². The summed E-state index contributed by atoms with van der Waals surface area (Å²) in [6, 6.07) is 15.2. The molecule has 2 aliphatic heterocycles. The Morgan fingerprint density at radius 2 is 1.92 bits per heavy atom. The quantitative estimate of drug-likeness (QED) is 0.493. The number of hydrogen-bond acceptors (Lipinski definition) is 6. The first-order valence-electron chi connectivity index (χ1n) is 11.7. The van der Waals surface area contributed by atoms with E-state index in [4.69, 9.17) is 11.6 Å². The topological polar surface area (TPSA) is 77.6 Å². The Labute approximate surface area is 218 Å². The van der Waals surface area contributed by atoms with Crippen LogP contribution < -0.4 is 15.5 Å². The number of carbonyl (C=O) groups excluding carboxylic acids is 2. The number of hydrogen-bond donors (Lipinski definition) is 2. The molecule has 0 saturated carbocycles. The number of halogens is 2. The number of thioether (sulfide) groups is 1. The highest BCUT2D eigenvalue weighted by Crippen LogP contribution is 2.31. The van der Waals surface area contributed by atoms with Crippen LogP contribution in [0.5, 0.6) is 0 Å². The summed E-state index contributed by atoms with van der Waals surface area (Å²) in [5.74, 6) is 1.12. The second-order valence-electron chi connectivity index (χ2n) is 8.63. The molecular weight excluding hydrogens is 501 g/mol. The average Bonchev–Trinajstić information content (AvgIpc) is 2.90. The van der Waals surface area contributed by atoms with Crippen LogP contribution in [0.25, 0.3) is 0 Å². The normalized spacial score (nSPS) is 17.3. The third-order valence-electron chi connectivity index (χ3n) is 6.30. The minimum atomic E-state index is -0.478. The Morgan fingerprint density at radius 1 is 1.08 bits per heavy atom. The van der Waals surface area contributed by atoms with Crippen molar-refractivity contribution >= 4 is 52.4 Å². The van der Waals surface area contributed by atoms with Gasteiger partial charge in [-0.25, -0.2) is 9.37 Å². The Balaban J connectivity index is 1.18. The maximum atomic E-state index is 14.0. The van der Waals surface area contributed by atoms with Crippen LogP contribution in [0.4, 0.5) is 21.6 Å². The zero-order valence-corrected chi connectivity index (χ0v) is 21.0. The molecular formula is C26H25ClFN5O2S. The number of benzene rings is 2. The zero-order chi connectivity index (χ0) is 25.1. The molecule has 1 atom stereocenters. The van der Waals surface area contributed by atoms with Crippen molar-refractivity contribution in [2.24, 2.45) is 0 Å². The molecule has 0 radical (unpaired) electrons. The summed E-state index contributed by atoms with van der Waals surface area (Å²) in [5.41, 5.74) is 2.30. The molecule has 1 unspecified atom stereocenters. The van der Waals surface area contributed by atoms with Crippen molar-refractivity contribution in [3.8, 4) is 0 Å². The van der Waals surface area contributed by atoms with Gasteiger partial charge in [0.15, 0.2) is 0 Å². The van der Waals surface area contributed by atoms with E-state index < -0.39 is 6.04 Å². The van der Waals surface area contributed by atoms with Gasteiger partial charge in [0.2, 0.25) is 5.91 Å². The Hall–Kier alpha value is -3.30. The lowest BCUT2D eigenvalue weighted by atomic mass is 10.1. The largest absolute Gasteiger partial charge is 0.371 e. The third kappa shape index (κ3) is 5.27. The molecule has 1 aromatic heterocycles. The predicted molar refractivity (Wildman–Crippen MR) is 142 cm³/mol. The van der Waals surface area contributed by atoms with Crippen molar-refractivity contribution in [1.82, 2.24) is 9.88 Å². The van der Waals surface area contributed by atoms with Gasteiger partial charge in [-0.05, 0) is 42.5 Å². The molecule has 10 heteroatoms. The van der Waals surface area contributed by atoms with E-state index in [2.05, 4.69) is 20.5 Å². The lowest BCUT2D eigenvalue weighted by molar-refractivity contribution is -0.116. The van der Waals surface area contributed by atoms with Gasteiger partial charge < -0.3 is 20.4 Å². The minimum absolute atomic E-state index is 0.0628. The maximum Gasteiger partial charge on any atom is 0.254 e. The molecule has 0 aliphatic carbocycles. The molecule has 1 saturated heterocycles. The van der Waals surface area contributed by atoms with E-state index in [1.165, 1.54) is 17.8 Å². The highest BCUT2D eigenvalue weighted by Gasteiger charge is 2.28. The number of pyridine rings is 1. The number of nitrogens with one attached hydrogen (secondary N) is 2. The van der Waals surface area contributed by atoms with Crippen LogP contribution in [0.1, 0.15) is 15.9 Å². The number of carbonyl (C=O) groups is 2. The highest BCUT2D eigenvalue weighted by atomic mass is 35.5. The van der Waals surface area contributed by atoms with E-state index in [-0.39, 0.29) is 17.6 Å². The Bertz CT molecular complexity index is 1250. The summed E-state index contributed by atoms with van der Waals surface area (Å²) >= 11 is 7.52. The summed E-state index contributed by atoms with van der Waals surface area (Å²) in [5, 5.41) is 6.52. The molecule has 2 amide bonds. The summed E-state index contributed by atoms with van der Waals surface area (Å²) in [6.07, 6.45) is 1.77. The van der Waals surface area contributed by atoms with Crippen LogP contribution in [-0.2, 0) is 10.5 Å². The van der Waals surface area contributed by atoms with E-state index in [0.717, 1.165) is 11.5 Å². The fourth-order valence-corrected chi connectivity index (χ4v) is 5.70. The molecule has 2 aliphatic rings. The van der Waals surface area contributed by atoms with E-state index in [0.29, 0.717) is 59.5 Å². The standard InChI is InChI=1S/C26H25ClFN5O2S/c27-19-4-3-5-20(28)18(19)15-36-16-23-25(34)31-22-14-17(7-8-21(22)30-23)26(35)33-12-10-32(11-13-33)24-6-1-2-9-29-24/h1-9,14,23,30H,10-13,15-16H2,(H,31,34). The molecule has 7 nitrogen and oxygen atoms in total. The van der Waals surface area contributed by atoms with Crippen LogP contribution in [-0.4, -0.2) is 59.7 Å². The lowest BCUT2D eigenvalue weighted by Crippen LogP contribution is -2.49. The summed E-state index contributed by atoms with van der Waals surface area (Å²) < 4.78 is 14.0. The first kappa shape index (κ1) is 24.4. The molecule has 3 aromatic rings. The smallest absolute Gasteiger partial charge is 0.254 e. The number of anilines is 3. The SMILES string of the molecule is O=C1Nc2cc(C(=O)N3CCN(c4ccccn4)CC3)ccc2NC1CSCc1c(F)cccc1Cl. The van der Waals surface area contributed by atoms with Gasteiger partial charge in [-0.1, -0.05) is 23.7 Å². The van der Waals surface area contributed by atoms with Gasteiger partial charge in [0, 0.05) is 60.0 Å². The molecule has 5 rings (SSSR count). The Kier molecular flexibility index (Phi) is 7.29. The Morgan fingerprint density at radius 3 is 2.67 bits per heavy atom. The molecule has 3 heterocycles. The van der Waals surface area contributed by atoms with Crippen LogP contribution in [0.2, 0.25) is 5.02 Å². The predicted octanol–water partition coefficient (Wildman–Crippen LogP) is 4.50. The summed E-state index contributed by atoms with van der Waals surface area (Å²) in [4.78, 5) is 34.2. The number of amides is 2. The second-order valence-corrected chi connectivity index (χ2v) is 10.1. The van der Waals surface area contributed by atoms with Gasteiger partial charge >= 0.3 is 0 Å². The third-order valence-corrected chi connectivity index (χ3v) is 7.72. The number of piperazine rings is 1. The number of nitrogens with zero attached hydrogens (tertiary/aromatic N) is 3. The summed E-state index contributed by atoms with van der Waals surface area (Å²) in [6.45, 7) is 2.62. The van der Waals surface area contributed by atoms with Gasteiger partial charge in [-0.2, -0.15) is 11.8 Å². The number of rotatable bonds is 6. The first-order chi connectivity index (χ1) is 17.5. The minimum Gasteiger partial charge on any atom is -0.371 e. The van der Waals surface area contributed by atoms with Gasteiger partial charge in [0.05, 0.1) is 11.4 Å². The van der Waals surface area contributed by atoms with Crippen LogP contribution in [0.15, 0.2) is 60.8 Å². The summed E-state index contributed by atoms with van der Waals surface area (Å²) in [7, 11) is 0. The van der Waals surface area contributed by atoms with E-state index >= 15 is 0 Å². The number of fused-ring (bicyclic) bond motifs is 1. The fraction of sp³-hybridized carbons (Fsp3) is 0.269. The van der Waals surface area contributed by atoms with E-state index in [1.54, 1.807) is 30.5 Å². The van der Waals surface area contributed by atoms with Crippen molar-refractivity contribution in [3.05, 3.63) is 82.8 Å². The van der Waals surface area contributed by atoms with E-state index in [1.807, 2.05) is 29.2 Å². The molecule has 36 heavy (non-hydrogen) atoms. The van der Waals surface area contributed by atoms with Crippen molar-refractivity contribution in [2.75, 3.05) is 47.5 Å². The van der Waals surface area contributed by atoms with Crippen molar-refractivity contribution in [2.45, 2.75) is 11.8 Å². The van der Waals surface area contributed by atoms with Gasteiger partial charge in [0.25, 0.3) is 5.91 Å². The van der Waals surface area contributed by atoms with Gasteiger partial charge in [-0.3, -0.25) is 9.59 Å². The van der Waals surface area contributed by atoms with Crippen LogP contribution in [0.3, 0.4) is 0 Å². The number of aromatic nitrogens is 1. The molecule has 2 N–H and O–H groups in total. The van der Waals surface area contributed by atoms with Gasteiger partial charge in [-0.15, -0.1) is 0 Å².